The summed E-state index contributed by atoms with van der Waals surface area (Å²) < 4.78 is 17.7. The van der Waals surface area contributed by atoms with Crippen LogP contribution in [0.25, 0.3) is 0 Å². The van der Waals surface area contributed by atoms with Crippen molar-refractivity contribution in [1.29, 1.82) is 0 Å². The van der Waals surface area contributed by atoms with Crippen molar-refractivity contribution in [3.63, 3.8) is 0 Å². The van der Waals surface area contributed by atoms with Crippen LogP contribution in [-0.4, -0.2) is 24.4 Å². The SMILES string of the molecule is COc1ccc([C@@H](C)N)c(OC2CC(C)(C)OC2(C)C)c1. The fourth-order valence-electron chi connectivity index (χ4n) is 2.97. The van der Waals surface area contributed by atoms with Crippen molar-refractivity contribution in [2.75, 3.05) is 7.11 Å². The molecule has 2 N–H and O–H groups in total. The molecule has 4 heteroatoms. The second-order valence-corrected chi connectivity index (χ2v) is 6.97. The van der Waals surface area contributed by atoms with E-state index in [1.54, 1.807) is 7.11 Å². The van der Waals surface area contributed by atoms with Gasteiger partial charge < -0.3 is 19.9 Å². The Labute approximate surface area is 127 Å². The van der Waals surface area contributed by atoms with Gasteiger partial charge in [0.25, 0.3) is 0 Å². The quantitative estimate of drug-likeness (QED) is 0.924. The molecular formula is C17H27NO3. The van der Waals surface area contributed by atoms with Gasteiger partial charge in [-0.1, -0.05) is 6.07 Å². The molecule has 21 heavy (non-hydrogen) atoms. The van der Waals surface area contributed by atoms with Gasteiger partial charge in [0.2, 0.25) is 0 Å². The molecule has 1 fully saturated rings. The van der Waals surface area contributed by atoms with E-state index in [-0.39, 0.29) is 23.3 Å². The predicted octanol–water partition coefficient (Wildman–Crippen LogP) is 3.44. The highest BCUT2D eigenvalue weighted by molar-refractivity contribution is 5.42. The van der Waals surface area contributed by atoms with Crippen molar-refractivity contribution in [2.45, 2.75) is 64.4 Å². The lowest BCUT2D eigenvalue weighted by Gasteiger charge is -2.28. The molecule has 2 atom stereocenters. The lowest BCUT2D eigenvalue weighted by molar-refractivity contribution is -0.0847. The van der Waals surface area contributed by atoms with Crippen LogP contribution >= 0.6 is 0 Å². The zero-order valence-electron chi connectivity index (χ0n) is 13.9. The largest absolute Gasteiger partial charge is 0.497 e. The van der Waals surface area contributed by atoms with Crippen molar-refractivity contribution in [1.82, 2.24) is 0 Å². The fourth-order valence-corrected chi connectivity index (χ4v) is 2.97. The maximum absolute atomic E-state index is 6.28. The second-order valence-electron chi connectivity index (χ2n) is 6.97. The molecular weight excluding hydrogens is 266 g/mol. The van der Waals surface area contributed by atoms with Crippen molar-refractivity contribution < 1.29 is 14.2 Å². The first kappa shape index (κ1) is 16.1. The third kappa shape index (κ3) is 3.50. The monoisotopic (exact) mass is 293 g/mol. The molecule has 2 rings (SSSR count). The highest BCUT2D eigenvalue weighted by Gasteiger charge is 2.47. The van der Waals surface area contributed by atoms with Crippen LogP contribution < -0.4 is 15.2 Å². The minimum Gasteiger partial charge on any atom is -0.497 e. The van der Waals surface area contributed by atoms with E-state index in [1.165, 1.54) is 0 Å². The summed E-state index contributed by atoms with van der Waals surface area (Å²) >= 11 is 0. The van der Waals surface area contributed by atoms with Gasteiger partial charge in [-0.3, -0.25) is 0 Å². The van der Waals surface area contributed by atoms with E-state index < -0.39 is 0 Å². The Morgan fingerprint density at radius 3 is 2.43 bits per heavy atom. The topological polar surface area (TPSA) is 53.7 Å². The first-order valence-corrected chi connectivity index (χ1v) is 7.45. The Morgan fingerprint density at radius 2 is 1.95 bits per heavy atom. The molecule has 1 aromatic carbocycles. The van der Waals surface area contributed by atoms with Crippen LogP contribution in [0.15, 0.2) is 18.2 Å². The van der Waals surface area contributed by atoms with E-state index in [1.807, 2.05) is 25.1 Å². The van der Waals surface area contributed by atoms with Gasteiger partial charge in [0.1, 0.15) is 23.2 Å². The highest BCUT2D eigenvalue weighted by Crippen LogP contribution is 2.41. The number of ether oxygens (including phenoxy) is 3. The van der Waals surface area contributed by atoms with Crippen LogP contribution in [0, 0.1) is 0 Å². The molecule has 1 saturated heterocycles. The summed E-state index contributed by atoms with van der Waals surface area (Å²) in [5.41, 5.74) is 6.52. The molecule has 118 valence electrons. The molecule has 1 aliphatic heterocycles. The summed E-state index contributed by atoms with van der Waals surface area (Å²) in [6.07, 6.45) is 0.826. The van der Waals surface area contributed by atoms with Gasteiger partial charge in [-0.25, -0.2) is 0 Å². The molecule has 0 aliphatic carbocycles. The summed E-state index contributed by atoms with van der Waals surface area (Å²) in [6.45, 7) is 10.3. The second kappa shape index (κ2) is 5.50. The Kier molecular flexibility index (Phi) is 4.22. The van der Waals surface area contributed by atoms with Crippen LogP contribution in [0.4, 0.5) is 0 Å². The van der Waals surface area contributed by atoms with E-state index in [2.05, 4.69) is 27.7 Å². The van der Waals surface area contributed by atoms with Crippen LogP contribution in [-0.2, 0) is 4.74 Å². The average molecular weight is 293 g/mol. The number of hydrogen-bond acceptors (Lipinski definition) is 4. The minimum atomic E-state index is -0.332. The van der Waals surface area contributed by atoms with Gasteiger partial charge >= 0.3 is 0 Å². The molecule has 0 aromatic heterocycles. The van der Waals surface area contributed by atoms with Crippen LogP contribution in [0.3, 0.4) is 0 Å². The standard InChI is InChI=1S/C17H27NO3/c1-11(18)13-8-7-12(19-6)9-14(13)20-15-10-16(2,3)21-17(15,4)5/h7-9,11,15H,10,18H2,1-6H3/t11-,15?/m1/s1. The summed E-state index contributed by atoms with van der Waals surface area (Å²) in [7, 11) is 1.65. The first-order chi connectivity index (χ1) is 9.64. The van der Waals surface area contributed by atoms with E-state index in [0.717, 1.165) is 23.5 Å². The number of rotatable bonds is 4. The van der Waals surface area contributed by atoms with Gasteiger partial charge in [-0.2, -0.15) is 0 Å². The van der Waals surface area contributed by atoms with Gasteiger partial charge in [0.05, 0.1) is 12.7 Å². The van der Waals surface area contributed by atoms with Crippen molar-refractivity contribution in [2.24, 2.45) is 5.73 Å². The van der Waals surface area contributed by atoms with E-state index >= 15 is 0 Å². The lowest BCUT2D eigenvalue weighted by atomic mass is 9.97. The number of nitrogens with two attached hydrogens (primary N) is 1. The smallest absolute Gasteiger partial charge is 0.130 e. The molecule has 1 heterocycles. The van der Waals surface area contributed by atoms with Crippen molar-refractivity contribution in [3.05, 3.63) is 23.8 Å². The van der Waals surface area contributed by atoms with Gasteiger partial charge in [-0.15, -0.1) is 0 Å². The number of hydrogen-bond donors (Lipinski definition) is 1. The summed E-state index contributed by atoms with van der Waals surface area (Å²) in [6, 6.07) is 5.68. The van der Waals surface area contributed by atoms with Crippen LogP contribution in [0.5, 0.6) is 11.5 Å². The molecule has 0 saturated carbocycles. The zero-order valence-corrected chi connectivity index (χ0v) is 13.9. The first-order valence-electron chi connectivity index (χ1n) is 7.45. The molecule has 0 bridgehead atoms. The maximum atomic E-state index is 6.28. The highest BCUT2D eigenvalue weighted by atomic mass is 16.6. The molecule has 1 unspecified atom stereocenters. The molecule has 1 aliphatic rings. The normalized spacial score (nSPS) is 24.6. The molecule has 0 spiro atoms. The Hall–Kier alpha value is -1.26. The van der Waals surface area contributed by atoms with E-state index in [4.69, 9.17) is 19.9 Å². The summed E-state index contributed by atoms with van der Waals surface area (Å²) in [5.74, 6) is 1.55. The Bertz CT molecular complexity index is 509. The number of benzene rings is 1. The van der Waals surface area contributed by atoms with Crippen molar-refractivity contribution >= 4 is 0 Å². The molecule has 0 radical (unpaired) electrons. The Balaban J connectivity index is 2.30. The molecule has 4 nitrogen and oxygen atoms in total. The predicted molar refractivity (Wildman–Crippen MR) is 83.9 cm³/mol. The van der Waals surface area contributed by atoms with Crippen LogP contribution in [0.2, 0.25) is 0 Å². The zero-order chi connectivity index (χ0) is 15.8. The summed E-state index contributed by atoms with van der Waals surface area (Å²) in [4.78, 5) is 0. The fraction of sp³-hybridized carbons (Fsp3) is 0.647. The lowest BCUT2D eigenvalue weighted by Crippen LogP contribution is -2.37. The van der Waals surface area contributed by atoms with Gasteiger partial charge in [-0.05, 0) is 40.7 Å². The molecule has 0 amide bonds. The van der Waals surface area contributed by atoms with Crippen molar-refractivity contribution in [3.8, 4) is 11.5 Å². The summed E-state index contributed by atoms with van der Waals surface area (Å²) in [5, 5.41) is 0. The van der Waals surface area contributed by atoms with E-state index in [9.17, 15) is 0 Å². The number of methoxy groups -OCH3 is 1. The van der Waals surface area contributed by atoms with Gasteiger partial charge in [0, 0.05) is 24.1 Å². The third-order valence-corrected chi connectivity index (χ3v) is 3.97. The molecule has 1 aromatic rings. The van der Waals surface area contributed by atoms with Gasteiger partial charge in [0.15, 0.2) is 0 Å². The Morgan fingerprint density at radius 1 is 1.29 bits per heavy atom. The van der Waals surface area contributed by atoms with Crippen LogP contribution in [0.1, 0.15) is 52.6 Å². The minimum absolute atomic E-state index is 0.0166. The maximum Gasteiger partial charge on any atom is 0.130 e. The third-order valence-electron chi connectivity index (χ3n) is 3.97. The van der Waals surface area contributed by atoms with E-state index in [0.29, 0.717) is 0 Å². The average Bonchev–Trinajstić information content (AvgIpc) is 2.56.